The highest BCUT2D eigenvalue weighted by atomic mass is 14.7. The van der Waals surface area contributed by atoms with Crippen molar-refractivity contribution in [3.8, 4) is 0 Å². The molecule has 0 N–H and O–H groups in total. The zero-order valence-corrected chi connectivity index (χ0v) is 10.9. The van der Waals surface area contributed by atoms with E-state index in [1.54, 1.807) is 0 Å². The summed E-state index contributed by atoms with van der Waals surface area (Å²) in [5, 5.41) is 0. The summed E-state index contributed by atoms with van der Waals surface area (Å²) in [6.07, 6.45) is 5.41. The van der Waals surface area contributed by atoms with Gasteiger partial charge >= 0.3 is 0 Å². The monoisotopic (exact) mass is 207 g/mol. The average molecular weight is 207 g/mol. The number of hydrogen-bond acceptors (Lipinski definition) is 1. The molecule has 0 heterocycles. The number of nitrogens with zero attached hydrogens (tertiary/aromatic N) is 1. The van der Waals surface area contributed by atoms with E-state index in [-0.39, 0.29) is 0 Å². The molecule has 0 saturated carbocycles. The van der Waals surface area contributed by atoms with Crippen molar-refractivity contribution in [2.24, 2.45) is 10.9 Å². The second-order valence-corrected chi connectivity index (χ2v) is 4.38. The van der Waals surface area contributed by atoms with Gasteiger partial charge in [-0.05, 0) is 44.3 Å². The first-order valence-electron chi connectivity index (χ1n) is 5.90. The van der Waals surface area contributed by atoms with Crippen molar-refractivity contribution in [1.82, 2.24) is 0 Å². The van der Waals surface area contributed by atoms with Crippen LogP contribution in [0.5, 0.6) is 0 Å². The molecule has 0 bridgehead atoms. The minimum atomic E-state index is 0.542. The SMILES string of the molecule is C=CC(N=C(C)CCCC)=C(C)C(C)C. The predicted molar refractivity (Wildman–Crippen MR) is 70.4 cm³/mol. The van der Waals surface area contributed by atoms with E-state index in [1.165, 1.54) is 24.1 Å². The van der Waals surface area contributed by atoms with E-state index in [0.717, 1.165) is 12.1 Å². The van der Waals surface area contributed by atoms with Gasteiger partial charge in [-0.15, -0.1) is 0 Å². The maximum atomic E-state index is 4.63. The molecule has 15 heavy (non-hydrogen) atoms. The molecule has 0 aromatic heterocycles. The summed E-state index contributed by atoms with van der Waals surface area (Å²) in [6.45, 7) is 14.7. The Morgan fingerprint density at radius 1 is 1.33 bits per heavy atom. The van der Waals surface area contributed by atoms with E-state index in [2.05, 4.69) is 46.2 Å². The van der Waals surface area contributed by atoms with Crippen LogP contribution in [0.2, 0.25) is 0 Å². The summed E-state index contributed by atoms with van der Waals surface area (Å²) < 4.78 is 0. The van der Waals surface area contributed by atoms with Crippen LogP contribution in [-0.4, -0.2) is 5.71 Å². The van der Waals surface area contributed by atoms with Crippen LogP contribution in [0.15, 0.2) is 28.9 Å². The molecular formula is C14H25N. The molecule has 0 fully saturated rings. The van der Waals surface area contributed by atoms with Gasteiger partial charge < -0.3 is 0 Å². The molecule has 0 aliphatic carbocycles. The Bertz CT molecular complexity index is 257. The zero-order valence-electron chi connectivity index (χ0n) is 10.9. The number of hydrogen-bond donors (Lipinski definition) is 0. The van der Waals surface area contributed by atoms with Crippen molar-refractivity contribution in [2.45, 2.75) is 53.9 Å². The maximum Gasteiger partial charge on any atom is 0.0614 e. The molecule has 0 radical (unpaired) electrons. The van der Waals surface area contributed by atoms with Crippen molar-refractivity contribution in [3.05, 3.63) is 23.9 Å². The van der Waals surface area contributed by atoms with Crippen LogP contribution in [0.3, 0.4) is 0 Å². The molecule has 1 nitrogen and oxygen atoms in total. The molecule has 0 aromatic rings. The Balaban J connectivity index is 4.70. The van der Waals surface area contributed by atoms with Crippen LogP contribution in [0, 0.1) is 5.92 Å². The molecule has 0 spiro atoms. The second-order valence-electron chi connectivity index (χ2n) is 4.38. The molecule has 0 rings (SSSR count). The van der Waals surface area contributed by atoms with E-state index in [0.29, 0.717) is 5.92 Å². The fraction of sp³-hybridized carbons (Fsp3) is 0.643. The van der Waals surface area contributed by atoms with Crippen molar-refractivity contribution in [1.29, 1.82) is 0 Å². The summed E-state index contributed by atoms with van der Waals surface area (Å²) in [5.74, 6) is 0.542. The van der Waals surface area contributed by atoms with Crippen LogP contribution in [-0.2, 0) is 0 Å². The van der Waals surface area contributed by atoms with E-state index in [4.69, 9.17) is 0 Å². The molecule has 0 amide bonds. The third kappa shape index (κ3) is 5.56. The lowest BCUT2D eigenvalue weighted by atomic mass is 10.0. The van der Waals surface area contributed by atoms with Gasteiger partial charge in [0, 0.05) is 5.71 Å². The molecule has 1 heteroatoms. The molecule has 86 valence electrons. The molecule has 0 unspecified atom stereocenters. The Labute approximate surface area is 95.0 Å². The van der Waals surface area contributed by atoms with E-state index >= 15 is 0 Å². The lowest BCUT2D eigenvalue weighted by Gasteiger charge is -2.09. The highest BCUT2D eigenvalue weighted by molar-refractivity contribution is 5.83. The van der Waals surface area contributed by atoms with Crippen LogP contribution in [0.4, 0.5) is 0 Å². The highest BCUT2D eigenvalue weighted by Crippen LogP contribution is 2.16. The lowest BCUT2D eigenvalue weighted by Crippen LogP contribution is -1.97. The normalized spacial score (nSPS) is 14.1. The molecule has 0 aliphatic rings. The number of unbranched alkanes of at least 4 members (excludes halogenated alkanes) is 1. The topological polar surface area (TPSA) is 12.4 Å². The van der Waals surface area contributed by atoms with Crippen LogP contribution in [0.25, 0.3) is 0 Å². The highest BCUT2D eigenvalue weighted by Gasteiger charge is 2.02. The summed E-state index contributed by atoms with van der Waals surface area (Å²) in [5.41, 5.74) is 3.59. The van der Waals surface area contributed by atoms with Crippen molar-refractivity contribution in [3.63, 3.8) is 0 Å². The quantitative estimate of drug-likeness (QED) is 0.440. The fourth-order valence-corrected chi connectivity index (χ4v) is 1.28. The maximum absolute atomic E-state index is 4.63. The van der Waals surface area contributed by atoms with Crippen LogP contribution < -0.4 is 0 Å². The van der Waals surface area contributed by atoms with Gasteiger partial charge in [-0.2, -0.15) is 0 Å². The van der Waals surface area contributed by atoms with Gasteiger partial charge in [0.2, 0.25) is 0 Å². The number of allylic oxidation sites excluding steroid dienone is 2. The standard InChI is InChI=1S/C14H25N/c1-7-9-10-12(5)15-14(8-2)13(6)11(3)4/h8,11H,2,7,9-10H2,1,3-6H3. The van der Waals surface area contributed by atoms with Gasteiger partial charge in [0.1, 0.15) is 0 Å². The fourth-order valence-electron chi connectivity index (χ4n) is 1.28. The largest absolute Gasteiger partial charge is 0.258 e. The predicted octanol–water partition coefficient (Wildman–Crippen LogP) is 4.75. The Hall–Kier alpha value is -0.850. The Morgan fingerprint density at radius 2 is 1.93 bits per heavy atom. The van der Waals surface area contributed by atoms with E-state index in [1.807, 2.05) is 6.08 Å². The van der Waals surface area contributed by atoms with Crippen LogP contribution >= 0.6 is 0 Å². The smallest absolute Gasteiger partial charge is 0.0614 e. The molecule has 0 atom stereocenters. The zero-order chi connectivity index (χ0) is 11.8. The lowest BCUT2D eigenvalue weighted by molar-refractivity contribution is 0.758. The summed E-state index contributed by atoms with van der Waals surface area (Å²) in [7, 11) is 0. The Morgan fingerprint density at radius 3 is 2.33 bits per heavy atom. The van der Waals surface area contributed by atoms with Gasteiger partial charge in [0.25, 0.3) is 0 Å². The minimum Gasteiger partial charge on any atom is -0.258 e. The Kier molecular flexibility index (Phi) is 7.02. The summed E-state index contributed by atoms with van der Waals surface area (Å²) >= 11 is 0. The minimum absolute atomic E-state index is 0.542. The van der Waals surface area contributed by atoms with Crippen molar-refractivity contribution in [2.75, 3.05) is 0 Å². The molecule has 0 aliphatic heterocycles. The third-order valence-electron chi connectivity index (χ3n) is 2.67. The average Bonchev–Trinajstić information content (AvgIpc) is 2.21. The molecule has 0 saturated heterocycles. The van der Waals surface area contributed by atoms with Gasteiger partial charge in [0.05, 0.1) is 5.70 Å². The first-order chi connectivity index (χ1) is 7.02. The molecular weight excluding hydrogens is 182 g/mol. The number of rotatable bonds is 6. The first-order valence-corrected chi connectivity index (χ1v) is 5.90. The van der Waals surface area contributed by atoms with Crippen molar-refractivity contribution < 1.29 is 0 Å². The van der Waals surface area contributed by atoms with Gasteiger partial charge in [0.15, 0.2) is 0 Å². The second kappa shape index (κ2) is 7.44. The van der Waals surface area contributed by atoms with E-state index in [9.17, 15) is 0 Å². The first kappa shape index (κ1) is 14.2. The van der Waals surface area contributed by atoms with Gasteiger partial charge in [-0.25, -0.2) is 0 Å². The summed E-state index contributed by atoms with van der Waals surface area (Å²) in [4.78, 5) is 4.63. The summed E-state index contributed by atoms with van der Waals surface area (Å²) in [6, 6.07) is 0. The number of aliphatic imine (C=N–C) groups is 1. The van der Waals surface area contributed by atoms with Gasteiger partial charge in [-0.3, -0.25) is 4.99 Å². The molecule has 0 aromatic carbocycles. The third-order valence-corrected chi connectivity index (χ3v) is 2.67. The van der Waals surface area contributed by atoms with Gasteiger partial charge in [-0.1, -0.05) is 33.8 Å². The van der Waals surface area contributed by atoms with Crippen molar-refractivity contribution >= 4 is 5.71 Å². The van der Waals surface area contributed by atoms with Crippen LogP contribution in [0.1, 0.15) is 53.9 Å². The van der Waals surface area contributed by atoms with E-state index < -0.39 is 0 Å².